The summed E-state index contributed by atoms with van der Waals surface area (Å²) in [5, 5.41) is 11.1. The molecule has 0 aliphatic rings. The van der Waals surface area contributed by atoms with Crippen LogP contribution in [0.2, 0.25) is 0 Å². The van der Waals surface area contributed by atoms with E-state index in [0.717, 1.165) is 22.6 Å². The van der Waals surface area contributed by atoms with Crippen molar-refractivity contribution >= 4 is 11.9 Å². The molecule has 0 saturated heterocycles. The molecule has 2 heterocycles. The fourth-order valence-corrected chi connectivity index (χ4v) is 3.25. The van der Waals surface area contributed by atoms with Crippen LogP contribution in [0, 0.1) is 20.8 Å². The lowest BCUT2D eigenvalue weighted by Gasteiger charge is -2.14. The summed E-state index contributed by atoms with van der Waals surface area (Å²) < 4.78 is 12.3. The molecule has 0 spiro atoms. The molecular weight excluding hydrogens is 382 g/mol. The fraction of sp³-hybridized carbons (Fsp3) is 0.318. The molecule has 0 atom stereocenters. The molecule has 158 valence electrons. The van der Waals surface area contributed by atoms with Crippen LogP contribution in [0.15, 0.2) is 45.8 Å². The van der Waals surface area contributed by atoms with Gasteiger partial charge in [-0.15, -0.1) is 0 Å². The smallest absolute Gasteiger partial charge is 0.341 e. The number of aliphatic imine (C=N–C) groups is 1. The Labute approximate surface area is 176 Å². The van der Waals surface area contributed by atoms with Gasteiger partial charge in [0, 0.05) is 19.3 Å². The molecule has 2 aromatic heterocycles. The van der Waals surface area contributed by atoms with Crippen molar-refractivity contribution in [2.24, 2.45) is 4.99 Å². The molecule has 3 rings (SSSR count). The standard InChI is InChI=1S/C22H27N5O3/c1-14-10-15(2)27(26-14)20-9-7-6-8-17(20)12-24-22(23-4)25-13-18-11-19(16(3)30-18)21(28)29-5/h6-11H,12-13H2,1-5H3,(H2,23,24,25). The average Bonchev–Trinajstić information content (AvgIpc) is 3.28. The topological polar surface area (TPSA) is 93.7 Å². The second-order valence-corrected chi connectivity index (χ2v) is 6.92. The Morgan fingerprint density at radius 3 is 2.57 bits per heavy atom. The van der Waals surface area contributed by atoms with Crippen LogP contribution in [-0.4, -0.2) is 35.9 Å². The predicted octanol–water partition coefficient (Wildman–Crippen LogP) is 3.04. The van der Waals surface area contributed by atoms with Crippen molar-refractivity contribution in [1.82, 2.24) is 20.4 Å². The van der Waals surface area contributed by atoms with Gasteiger partial charge in [0.05, 0.1) is 25.0 Å². The van der Waals surface area contributed by atoms with E-state index in [0.29, 0.717) is 36.1 Å². The molecule has 2 N–H and O–H groups in total. The first-order valence-corrected chi connectivity index (χ1v) is 9.66. The monoisotopic (exact) mass is 409 g/mol. The highest BCUT2D eigenvalue weighted by atomic mass is 16.5. The first-order valence-electron chi connectivity index (χ1n) is 9.66. The van der Waals surface area contributed by atoms with Gasteiger partial charge in [-0.25, -0.2) is 9.48 Å². The number of methoxy groups -OCH3 is 1. The zero-order valence-electron chi connectivity index (χ0n) is 17.9. The second kappa shape index (κ2) is 9.30. The summed E-state index contributed by atoms with van der Waals surface area (Å²) in [7, 11) is 3.05. The van der Waals surface area contributed by atoms with Gasteiger partial charge in [-0.05, 0) is 44.5 Å². The van der Waals surface area contributed by atoms with Crippen LogP contribution in [0.1, 0.15) is 38.8 Å². The summed E-state index contributed by atoms with van der Waals surface area (Å²) in [5.74, 6) is 1.36. The molecule has 1 aromatic carbocycles. The number of furan rings is 1. The summed E-state index contributed by atoms with van der Waals surface area (Å²) in [6, 6.07) is 11.8. The van der Waals surface area contributed by atoms with Crippen molar-refractivity contribution in [3.63, 3.8) is 0 Å². The summed E-state index contributed by atoms with van der Waals surface area (Å²) >= 11 is 0. The highest BCUT2D eigenvalue weighted by molar-refractivity contribution is 5.90. The van der Waals surface area contributed by atoms with Gasteiger partial charge in [0.1, 0.15) is 17.1 Å². The first-order chi connectivity index (χ1) is 14.4. The number of guanidine groups is 1. The molecule has 0 amide bonds. The number of rotatable bonds is 6. The van der Waals surface area contributed by atoms with Crippen LogP contribution in [0.4, 0.5) is 0 Å². The van der Waals surface area contributed by atoms with E-state index in [4.69, 9.17) is 9.15 Å². The lowest BCUT2D eigenvalue weighted by Crippen LogP contribution is -2.36. The highest BCUT2D eigenvalue weighted by Gasteiger charge is 2.15. The minimum Gasteiger partial charge on any atom is -0.465 e. The molecule has 8 nitrogen and oxygen atoms in total. The quantitative estimate of drug-likeness (QED) is 0.369. The molecule has 3 aromatic rings. The van der Waals surface area contributed by atoms with Gasteiger partial charge in [0.2, 0.25) is 0 Å². The number of ether oxygens (including phenoxy) is 1. The largest absolute Gasteiger partial charge is 0.465 e. The molecule has 30 heavy (non-hydrogen) atoms. The number of nitrogens with zero attached hydrogens (tertiary/aromatic N) is 3. The molecule has 0 saturated carbocycles. The Bertz CT molecular complexity index is 1060. The molecule has 0 unspecified atom stereocenters. The van der Waals surface area contributed by atoms with E-state index in [1.54, 1.807) is 20.0 Å². The van der Waals surface area contributed by atoms with Gasteiger partial charge in [-0.3, -0.25) is 4.99 Å². The lowest BCUT2D eigenvalue weighted by atomic mass is 10.1. The van der Waals surface area contributed by atoms with Crippen molar-refractivity contribution in [1.29, 1.82) is 0 Å². The van der Waals surface area contributed by atoms with Gasteiger partial charge in [-0.2, -0.15) is 5.10 Å². The number of carbonyl (C=O) groups is 1. The Balaban J connectivity index is 1.66. The van der Waals surface area contributed by atoms with Crippen molar-refractivity contribution in [2.75, 3.05) is 14.2 Å². The maximum Gasteiger partial charge on any atom is 0.341 e. The van der Waals surface area contributed by atoms with E-state index in [-0.39, 0.29) is 0 Å². The van der Waals surface area contributed by atoms with Gasteiger partial charge >= 0.3 is 5.97 Å². The predicted molar refractivity (Wildman–Crippen MR) is 115 cm³/mol. The summed E-state index contributed by atoms with van der Waals surface area (Å²) in [6.45, 7) is 6.71. The lowest BCUT2D eigenvalue weighted by molar-refractivity contribution is 0.0599. The van der Waals surface area contributed by atoms with E-state index in [1.807, 2.05) is 36.7 Å². The van der Waals surface area contributed by atoms with E-state index < -0.39 is 5.97 Å². The van der Waals surface area contributed by atoms with Crippen molar-refractivity contribution in [2.45, 2.75) is 33.9 Å². The summed E-state index contributed by atoms with van der Waals surface area (Å²) in [6.07, 6.45) is 0. The van der Waals surface area contributed by atoms with Crippen LogP contribution in [-0.2, 0) is 17.8 Å². The zero-order chi connectivity index (χ0) is 21.7. The number of para-hydroxylation sites is 1. The van der Waals surface area contributed by atoms with Crippen LogP contribution < -0.4 is 10.6 Å². The third-order valence-electron chi connectivity index (χ3n) is 4.70. The van der Waals surface area contributed by atoms with Crippen molar-refractivity contribution in [3.05, 3.63) is 70.4 Å². The number of nitrogens with one attached hydrogen (secondary N) is 2. The van der Waals surface area contributed by atoms with Gasteiger partial charge in [0.25, 0.3) is 0 Å². The van der Waals surface area contributed by atoms with Crippen molar-refractivity contribution in [3.8, 4) is 5.69 Å². The average molecular weight is 409 g/mol. The van der Waals surface area contributed by atoms with Gasteiger partial charge in [0.15, 0.2) is 5.96 Å². The van der Waals surface area contributed by atoms with Crippen LogP contribution >= 0.6 is 0 Å². The number of esters is 1. The van der Waals surface area contributed by atoms with E-state index >= 15 is 0 Å². The third kappa shape index (κ3) is 4.71. The molecular formula is C22H27N5O3. The summed E-state index contributed by atoms with van der Waals surface area (Å²) in [5.41, 5.74) is 4.60. The van der Waals surface area contributed by atoms with Crippen LogP contribution in [0.25, 0.3) is 5.69 Å². The third-order valence-corrected chi connectivity index (χ3v) is 4.70. The number of hydrogen-bond acceptors (Lipinski definition) is 5. The van der Waals surface area contributed by atoms with Gasteiger partial charge in [-0.1, -0.05) is 18.2 Å². The Hall–Kier alpha value is -3.55. The van der Waals surface area contributed by atoms with Crippen LogP contribution in [0.5, 0.6) is 0 Å². The Morgan fingerprint density at radius 1 is 1.17 bits per heavy atom. The Morgan fingerprint density at radius 2 is 1.90 bits per heavy atom. The summed E-state index contributed by atoms with van der Waals surface area (Å²) in [4.78, 5) is 16.0. The number of hydrogen-bond donors (Lipinski definition) is 2. The molecule has 0 aliphatic heterocycles. The maximum absolute atomic E-state index is 11.7. The minimum absolute atomic E-state index is 0.386. The number of carbonyl (C=O) groups excluding carboxylic acids is 1. The first kappa shape index (κ1) is 21.2. The number of aryl methyl sites for hydroxylation is 3. The van der Waals surface area contributed by atoms with E-state index in [2.05, 4.69) is 32.9 Å². The normalized spacial score (nSPS) is 11.4. The molecule has 0 fully saturated rings. The number of aromatic nitrogens is 2. The maximum atomic E-state index is 11.7. The highest BCUT2D eigenvalue weighted by Crippen LogP contribution is 2.17. The molecule has 0 aliphatic carbocycles. The number of benzene rings is 1. The Kier molecular flexibility index (Phi) is 6.56. The van der Waals surface area contributed by atoms with Gasteiger partial charge < -0.3 is 19.8 Å². The second-order valence-electron chi connectivity index (χ2n) is 6.92. The van der Waals surface area contributed by atoms with E-state index in [1.165, 1.54) is 7.11 Å². The SMILES string of the molecule is CN=C(NCc1cc(C(=O)OC)c(C)o1)NCc1ccccc1-n1nc(C)cc1C. The molecule has 0 bridgehead atoms. The molecule has 0 radical (unpaired) electrons. The minimum atomic E-state index is -0.411. The fourth-order valence-electron chi connectivity index (χ4n) is 3.25. The van der Waals surface area contributed by atoms with E-state index in [9.17, 15) is 4.79 Å². The zero-order valence-corrected chi connectivity index (χ0v) is 17.9. The molecule has 8 heteroatoms. The van der Waals surface area contributed by atoms with Crippen molar-refractivity contribution < 1.29 is 13.9 Å². The van der Waals surface area contributed by atoms with Crippen LogP contribution in [0.3, 0.4) is 0 Å².